The van der Waals surface area contributed by atoms with Gasteiger partial charge in [0.05, 0.1) is 18.4 Å². The summed E-state index contributed by atoms with van der Waals surface area (Å²) >= 11 is 1.34. The summed E-state index contributed by atoms with van der Waals surface area (Å²) in [5.74, 6) is -0.502. The highest BCUT2D eigenvalue weighted by Crippen LogP contribution is 2.11. The number of carbonyl (C=O) groups is 1. The Kier molecular flexibility index (Phi) is 4.10. The first-order valence-electron chi connectivity index (χ1n) is 7.94. The van der Waals surface area contributed by atoms with Gasteiger partial charge in [-0.15, -0.1) is 11.3 Å². The molecule has 1 N–H and O–H groups in total. The molecule has 0 fully saturated rings. The lowest BCUT2D eigenvalue weighted by Gasteiger charge is -2.03. The largest absolute Gasteiger partial charge is 0.319 e. The van der Waals surface area contributed by atoms with Crippen molar-refractivity contribution in [1.29, 1.82) is 0 Å². The van der Waals surface area contributed by atoms with Crippen molar-refractivity contribution in [3.05, 3.63) is 81.5 Å². The number of fused-ring (bicyclic) bond motifs is 1. The first-order valence-corrected chi connectivity index (χ1v) is 8.82. The average molecular weight is 365 g/mol. The lowest BCUT2D eigenvalue weighted by atomic mass is 10.1. The molecule has 4 rings (SSSR count). The van der Waals surface area contributed by atoms with E-state index < -0.39 is 5.91 Å². The smallest absolute Gasteiger partial charge is 0.271 e. The molecule has 0 aliphatic carbocycles. The van der Waals surface area contributed by atoms with Crippen molar-refractivity contribution < 1.29 is 4.79 Å². The second-order valence-corrected chi connectivity index (χ2v) is 6.77. The van der Waals surface area contributed by atoms with Gasteiger partial charge in [0.15, 0.2) is 4.96 Å². The third-order valence-corrected chi connectivity index (χ3v) is 4.71. The highest BCUT2D eigenvalue weighted by Gasteiger charge is 2.14. The monoisotopic (exact) mass is 365 g/mol. The number of aryl methyl sites for hydroxylation is 1. The van der Waals surface area contributed by atoms with E-state index in [-0.39, 0.29) is 11.1 Å². The van der Waals surface area contributed by atoms with Crippen LogP contribution in [0.3, 0.4) is 0 Å². The van der Waals surface area contributed by atoms with Crippen molar-refractivity contribution in [1.82, 2.24) is 19.2 Å². The Morgan fingerprint density at radius 1 is 1.23 bits per heavy atom. The molecule has 0 bridgehead atoms. The van der Waals surface area contributed by atoms with Crippen molar-refractivity contribution in [3.8, 4) is 0 Å². The van der Waals surface area contributed by atoms with E-state index >= 15 is 0 Å². The predicted molar refractivity (Wildman–Crippen MR) is 99.8 cm³/mol. The van der Waals surface area contributed by atoms with E-state index in [9.17, 15) is 9.59 Å². The summed E-state index contributed by atoms with van der Waals surface area (Å²) < 4.78 is 3.09. The molecule has 3 aromatic heterocycles. The van der Waals surface area contributed by atoms with Crippen LogP contribution >= 0.6 is 11.3 Å². The topological polar surface area (TPSA) is 81.3 Å². The van der Waals surface area contributed by atoms with E-state index in [1.807, 2.05) is 31.2 Å². The van der Waals surface area contributed by atoms with Crippen LogP contribution in [-0.2, 0) is 6.54 Å². The molecule has 3 heterocycles. The van der Waals surface area contributed by atoms with Gasteiger partial charge in [0, 0.05) is 24.0 Å². The van der Waals surface area contributed by atoms with Crippen molar-refractivity contribution in [2.75, 3.05) is 5.32 Å². The van der Waals surface area contributed by atoms with Gasteiger partial charge < -0.3 is 5.32 Å². The third kappa shape index (κ3) is 3.14. The SMILES string of the molecule is Cc1ccc(Cn2cc(NC(=O)c3cnc4sccn4c3=O)cn2)cc1. The fraction of sp³-hybridized carbons (Fsp3) is 0.111. The quantitative estimate of drug-likeness (QED) is 0.603. The summed E-state index contributed by atoms with van der Waals surface area (Å²) in [4.78, 5) is 29.4. The second-order valence-electron chi connectivity index (χ2n) is 5.90. The molecular formula is C18H15N5O2S. The van der Waals surface area contributed by atoms with Crippen LogP contribution in [0.15, 0.2) is 59.2 Å². The number of thiazole rings is 1. The fourth-order valence-electron chi connectivity index (χ4n) is 2.57. The standard InChI is InChI=1S/C18H15N5O2S/c1-12-2-4-13(5-3-12)10-22-11-14(8-20-22)21-16(24)15-9-19-18-23(17(15)25)6-7-26-18/h2-9,11H,10H2,1H3,(H,21,24). The van der Waals surface area contributed by atoms with Gasteiger partial charge in [-0.05, 0) is 12.5 Å². The van der Waals surface area contributed by atoms with Crippen LogP contribution in [0.2, 0.25) is 0 Å². The first-order chi connectivity index (χ1) is 12.6. The Labute approximate surface area is 152 Å². The van der Waals surface area contributed by atoms with E-state index in [4.69, 9.17) is 0 Å². The fourth-order valence-corrected chi connectivity index (χ4v) is 3.25. The Hall–Kier alpha value is -3.26. The highest BCUT2D eigenvalue weighted by molar-refractivity contribution is 7.15. The van der Waals surface area contributed by atoms with Crippen molar-refractivity contribution in [3.63, 3.8) is 0 Å². The van der Waals surface area contributed by atoms with Crippen LogP contribution in [0, 0.1) is 6.92 Å². The molecule has 0 radical (unpaired) electrons. The zero-order valence-electron chi connectivity index (χ0n) is 13.9. The van der Waals surface area contributed by atoms with Crippen molar-refractivity contribution in [2.45, 2.75) is 13.5 Å². The van der Waals surface area contributed by atoms with Crippen molar-refractivity contribution >= 4 is 27.9 Å². The molecule has 7 nitrogen and oxygen atoms in total. The number of nitrogens with one attached hydrogen (secondary N) is 1. The van der Waals surface area contributed by atoms with Crippen LogP contribution in [-0.4, -0.2) is 25.1 Å². The second kappa shape index (κ2) is 6.57. The number of benzene rings is 1. The summed E-state index contributed by atoms with van der Waals surface area (Å²) in [5, 5.41) is 8.70. The number of anilines is 1. The maximum Gasteiger partial charge on any atom is 0.271 e. The molecule has 0 saturated heterocycles. The van der Waals surface area contributed by atoms with Crippen LogP contribution in [0.1, 0.15) is 21.5 Å². The number of hydrogen-bond donors (Lipinski definition) is 1. The zero-order valence-corrected chi connectivity index (χ0v) is 14.7. The Bertz CT molecular complexity index is 1140. The Morgan fingerprint density at radius 3 is 2.85 bits per heavy atom. The van der Waals surface area contributed by atoms with Gasteiger partial charge in [0.2, 0.25) is 0 Å². The van der Waals surface area contributed by atoms with Gasteiger partial charge >= 0.3 is 0 Å². The number of carbonyl (C=O) groups excluding carboxylic acids is 1. The number of amides is 1. The molecule has 0 atom stereocenters. The van der Waals surface area contributed by atoms with E-state index in [1.165, 1.54) is 27.5 Å². The Morgan fingerprint density at radius 2 is 2.04 bits per heavy atom. The molecule has 0 aliphatic rings. The van der Waals surface area contributed by atoms with Gasteiger partial charge in [0.1, 0.15) is 5.56 Å². The van der Waals surface area contributed by atoms with Crippen LogP contribution in [0.4, 0.5) is 5.69 Å². The lowest BCUT2D eigenvalue weighted by molar-refractivity contribution is 0.102. The van der Waals surface area contributed by atoms with E-state index in [0.717, 1.165) is 5.56 Å². The minimum atomic E-state index is -0.502. The lowest BCUT2D eigenvalue weighted by Crippen LogP contribution is -2.25. The van der Waals surface area contributed by atoms with E-state index in [0.29, 0.717) is 17.2 Å². The van der Waals surface area contributed by atoms with E-state index in [1.54, 1.807) is 28.7 Å². The molecule has 1 amide bonds. The van der Waals surface area contributed by atoms with Crippen LogP contribution in [0.5, 0.6) is 0 Å². The van der Waals surface area contributed by atoms with Crippen LogP contribution < -0.4 is 10.9 Å². The van der Waals surface area contributed by atoms with Gasteiger partial charge in [-0.3, -0.25) is 18.7 Å². The number of aromatic nitrogens is 4. The minimum absolute atomic E-state index is 0.00724. The van der Waals surface area contributed by atoms with Gasteiger partial charge in [-0.25, -0.2) is 4.98 Å². The molecule has 0 aliphatic heterocycles. The molecule has 1 aromatic carbocycles. The molecule has 0 unspecified atom stereocenters. The average Bonchev–Trinajstić information content (AvgIpc) is 3.27. The number of rotatable bonds is 4. The van der Waals surface area contributed by atoms with Gasteiger partial charge in [-0.2, -0.15) is 5.10 Å². The molecule has 26 heavy (non-hydrogen) atoms. The third-order valence-electron chi connectivity index (χ3n) is 3.94. The number of nitrogens with zero attached hydrogens (tertiary/aromatic N) is 4. The maximum atomic E-state index is 12.4. The highest BCUT2D eigenvalue weighted by atomic mass is 32.1. The maximum absolute atomic E-state index is 12.4. The molecule has 8 heteroatoms. The van der Waals surface area contributed by atoms with Crippen LogP contribution in [0.25, 0.3) is 4.96 Å². The normalized spacial score (nSPS) is 11.0. The van der Waals surface area contributed by atoms with Crippen molar-refractivity contribution in [2.24, 2.45) is 0 Å². The van der Waals surface area contributed by atoms with Gasteiger partial charge in [0.25, 0.3) is 11.5 Å². The summed E-state index contributed by atoms with van der Waals surface area (Å²) in [6.45, 7) is 2.64. The molecule has 130 valence electrons. The van der Waals surface area contributed by atoms with E-state index in [2.05, 4.69) is 15.4 Å². The zero-order chi connectivity index (χ0) is 18.1. The first kappa shape index (κ1) is 16.2. The summed E-state index contributed by atoms with van der Waals surface area (Å²) in [5.41, 5.74) is 2.44. The Balaban J connectivity index is 1.51. The summed E-state index contributed by atoms with van der Waals surface area (Å²) in [7, 11) is 0. The molecular weight excluding hydrogens is 350 g/mol. The molecule has 0 spiro atoms. The molecule has 0 saturated carbocycles. The molecule has 4 aromatic rings. The van der Waals surface area contributed by atoms with Gasteiger partial charge in [-0.1, -0.05) is 29.8 Å². The number of hydrogen-bond acceptors (Lipinski definition) is 5. The minimum Gasteiger partial charge on any atom is -0.319 e. The summed E-state index contributed by atoms with van der Waals surface area (Å²) in [6.07, 6.45) is 6.19. The summed E-state index contributed by atoms with van der Waals surface area (Å²) in [6, 6.07) is 8.17. The predicted octanol–water partition coefficient (Wildman–Crippen LogP) is 2.56.